The van der Waals surface area contributed by atoms with Gasteiger partial charge in [0.05, 0.1) is 11.1 Å². The van der Waals surface area contributed by atoms with Crippen molar-refractivity contribution in [3.63, 3.8) is 0 Å². The molecule has 0 aliphatic carbocycles. The number of rotatable bonds is 10. The number of carbonyl (C=O) groups excluding carboxylic acids is 1. The van der Waals surface area contributed by atoms with E-state index in [0.29, 0.717) is 12.1 Å². The van der Waals surface area contributed by atoms with Gasteiger partial charge >= 0.3 is 11.9 Å². The van der Waals surface area contributed by atoms with E-state index in [1.807, 2.05) is 26.0 Å². The van der Waals surface area contributed by atoms with Crippen LogP contribution in [-0.2, 0) is 11.2 Å². The number of amides is 1. The van der Waals surface area contributed by atoms with Crippen LogP contribution in [0.15, 0.2) is 42.5 Å². The summed E-state index contributed by atoms with van der Waals surface area (Å²) in [4.78, 5) is 34.3. The average Bonchev–Trinajstić information content (AvgIpc) is 2.67. The SMILES string of the molecule is CC(C)c1ccc(C(=O)O)cc1NC(=O)CCCCCc1ccc(C(=O)O)cc1. The van der Waals surface area contributed by atoms with E-state index >= 15 is 0 Å². The molecule has 0 atom stereocenters. The Bertz CT molecular complexity index is 871. The molecule has 2 aromatic carbocycles. The molecule has 154 valence electrons. The molecule has 6 heteroatoms. The zero-order chi connectivity index (χ0) is 21.4. The first-order chi connectivity index (χ1) is 13.8. The third kappa shape index (κ3) is 6.75. The molecule has 0 bridgehead atoms. The molecule has 0 aliphatic rings. The van der Waals surface area contributed by atoms with Crippen LogP contribution < -0.4 is 5.32 Å². The molecule has 0 unspecified atom stereocenters. The van der Waals surface area contributed by atoms with Crippen molar-refractivity contribution in [3.05, 3.63) is 64.7 Å². The van der Waals surface area contributed by atoms with Crippen LogP contribution in [0.5, 0.6) is 0 Å². The second-order valence-electron chi connectivity index (χ2n) is 7.37. The highest BCUT2D eigenvalue weighted by molar-refractivity contribution is 5.94. The normalized spacial score (nSPS) is 10.7. The highest BCUT2D eigenvalue weighted by atomic mass is 16.4. The quantitative estimate of drug-likeness (QED) is 0.492. The summed E-state index contributed by atoms with van der Waals surface area (Å²) in [6, 6.07) is 11.6. The fraction of sp³-hybridized carbons (Fsp3) is 0.348. The van der Waals surface area contributed by atoms with Gasteiger partial charge < -0.3 is 15.5 Å². The lowest BCUT2D eigenvalue weighted by atomic mass is 9.99. The molecule has 0 saturated carbocycles. The number of aryl methyl sites for hydroxylation is 1. The number of unbranched alkanes of at least 4 members (excludes halogenated alkanes) is 2. The van der Waals surface area contributed by atoms with Crippen molar-refractivity contribution in [1.82, 2.24) is 0 Å². The van der Waals surface area contributed by atoms with Crippen molar-refractivity contribution >= 4 is 23.5 Å². The van der Waals surface area contributed by atoms with Gasteiger partial charge in [-0.25, -0.2) is 9.59 Å². The monoisotopic (exact) mass is 397 g/mol. The summed E-state index contributed by atoms with van der Waals surface area (Å²) in [5, 5.41) is 20.9. The van der Waals surface area contributed by atoms with Crippen LogP contribution in [0.25, 0.3) is 0 Å². The van der Waals surface area contributed by atoms with Gasteiger partial charge in [0.15, 0.2) is 0 Å². The Hall–Kier alpha value is -3.15. The number of aromatic carboxylic acids is 2. The van der Waals surface area contributed by atoms with Gasteiger partial charge in [0, 0.05) is 12.1 Å². The zero-order valence-electron chi connectivity index (χ0n) is 16.8. The van der Waals surface area contributed by atoms with Gasteiger partial charge in [-0.2, -0.15) is 0 Å². The molecule has 0 heterocycles. The summed E-state index contributed by atoms with van der Waals surface area (Å²) >= 11 is 0. The van der Waals surface area contributed by atoms with Crippen molar-refractivity contribution in [3.8, 4) is 0 Å². The topological polar surface area (TPSA) is 104 Å². The molecule has 2 aromatic rings. The molecule has 0 fully saturated rings. The molecular formula is C23H27NO5. The summed E-state index contributed by atoms with van der Waals surface area (Å²) in [6.45, 7) is 3.99. The van der Waals surface area contributed by atoms with Crippen molar-refractivity contribution in [2.75, 3.05) is 5.32 Å². The van der Waals surface area contributed by atoms with Crippen LogP contribution in [0.2, 0.25) is 0 Å². The number of hydrogen-bond donors (Lipinski definition) is 3. The molecule has 3 N–H and O–H groups in total. The summed E-state index contributed by atoms with van der Waals surface area (Å²) in [5.41, 5.74) is 2.97. The van der Waals surface area contributed by atoms with E-state index in [9.17, 15) is 14.4 Å². The lowest BCUT2D eigenvalue weighted by Crippen LogP contribution is -2.14. The summed E-state index contributed by atoms with van der Waals surface area (Å²) in [5.74, 6) is -1.91. The second-order valence-corrected chi connectivity index (χ2v) is 7.37. The summed E-state index contributed by atoms with van der Waals surface area (Å²) in [7, 11) is 0. The highest BCUT2D eigenvalue weighted by Gasteiger charge is 2.13. The molecule has 29 heavy (non-hydrogen) atoms. The van der Waals surface area contributed by atoms with E-state index in [1.54, 1.807) is 24.3 Å². The summed E-state index contributed by atoms with van der Waals surface area (Å²) in [6.07, 6.45) is 3.72. The molecule has 0 aliphatic heterocycles. The average molecular weight is 397 g/mol. The number of hydrogen-bond acceptors (Lipinski definition) is 3. The number of benzene rings is 2. The lowest BCUT2D eigenvalue weighted by molar-refractivity contribution is -0.116. The number of carboxylic acid groups (broad SMARTS) is 2. The van der Waals surface area contributed by atoms with E-state index < -0.39 is 11.9 Å². The van der Waals surface area contributed by atoms with Crippen molar-refractivity contribution < 1.29 is 24.6 Å². The smallest absolute Gasteiger partial charge is 0.335 e. The first-order valence-electron chi connectivity index (χ1n) is 9.77. The first-order valence-corrected chi connectivity index (χ1v) is 9.77. The predicted octanol–water partition coefficient (Wildman–Crippen LogP) is 4.95. The van der Waals surface area contributed by atoms with Crippen LogP contribution in [0.3, 0.4) is 0 Å². The molecule has 1 amide bonds. The van der Waals surface area contributed by atoms with Crippen LogP contribution in [-0.4, -0.2) is 28.1 Å². The Labute approximate surface area is 170 Å². The molecule has 6 nitrogen and oxygen atoms in total. The van der Waals surface area contributed by atoms with Gasteiger partial charge in [0.1, 0.15) is 0 Å². The van der Waals surface area contributed by atoms with Gasteiger partial charge in [-0.1, -0.05) is 38.5 Å². The minimum atomic E-state index is -1.02. The van der Waals surface area contributed by atoms with Crippen LogP contribution in [0.4, 0.5) is 5.69 Å². The largest absolute Gasteiger partial charge is 0.478 e. The maximum absolute atomic E-state index is 12.3. The van der Waals surface area contributed by atoms with Gasteiger partial charge in [-0.3, -0.25) is 4.79 Å². The molecule has 2 rings (SSSR count). The van der Waals surface area contributed by atoms with Crippen LogP contribution in [0, 0.1) is 0 Å². The maximum Gasteiger partial charge on any atom is 0.335 e. The number of carbonyl (C=O) groups is 3. The minimum Gasteiger partial charge on any atom is -0.478 e. The minimum absolute atomic E-state index is 0.125. The van der Waals surface area contributed by atoms with Gasteiger partial charge in [0.25, 0.3) is 0 Å². The number of anilines is 1. The van der Waals surface area contributed by atoms with Gasteiger partial charge in [0.2, 0.25) is 5.91 Å². The predicted molar refractivity (Wildman–Crippen MR) is 112 cm³/mol. The number of nitrogens with one attached hydrogen (secondary N) is 1. The Kier molecular flexibility index (Phi) is 7.95. The van der Waals surface area contributed by atoms with E-state index in [-0.39, 0.29) is 23.0 Å². The molecule has 0 spiro atoms. The maximum atomic E-state index is 12.3. The Morgan fingerprint density at radius 3 is 2.07 bits per heavy atom. The van der Waals surface area contributed by atoms with Gasteiger partial charge in [-0.05, 0) is 60.6 Å². The zero-order valence-corrected chi connectivity index (χ0v) is 16.8. The highest BCUT2D eigenvalue weighted by Crippen LogP contribution is 2.26. The first kappa shape index (κ1) is 22.1. The molecule has 0 saturated heterocycles. The van der Waals surface area contributed by atoms with E-state index in [0.717, 1.165) is 36.8 Å². The lowest BCUT2D eigenvalue weighted by Gasteiger charge is -2.14. The standard InChI is InChI=1S/C23H27NO5/c1-15(2)19-13-12-18(23(28)29)14-20(19)24-21(25)7-5-3-4-6-16-8-10-17(11-9-16)22(26)27/h8-15H,3-7H2,1-2H3,(H,24,25)(H,26,27)(H,28,29). The fourth-order valence-electron chi connectivity index (χ4n) is 3.12. The van der Waals surface area contributed by atoms with E-state index in [4.69, 9.17) is 10.2 Å². The fourth-order valence-corrected chi connectivity index (χ4v) is 3.12. The third-order valence-electron chi connectivity index (χ3n) is 4.77. The Morgan fingerprint density at radius 1 is 0.862 bits per heavy atom. The van der Waals surface area contributed by atoms with Crippen molar-refractivity contribution in [2.24, 2.45) is 0 Å². The number of carboxylic acids is 2. The Morgan fingerprint density at radius 2 is 1.48 bits per heavy atom. The van der Waals surface area contributed by atoms with Crippen molar-refractivity contribution in [1.29, 1.82) is 0 Å². The second kappa shape index (κ2) is 10.4. The third-order valence-corrected chi connectivity index (χ3v) is 4.77. The molecule has 0 radical (unpaired) electrons. The van der Waals surface area contributed by atoms with Crippen LogP contribution >= 0.6 is 0 Å². The van der Waals surface area contributed by atoms with Crippen molar-refractivity contribution in [2.45, 2.75) is 51.9 Å². The molecular weight excluding hydrogens is 370 g/mol. The van der Waals surface area contributed by atoms with E-state index in [1.165, 1.54) is 6.07 Å². The van der Waals surface area contributed by atoms with E-state index in [2.05, 4.69) is 5.32 Å². The molecule has 0 aromatic heterocycles. The Balaban J connectivity index is 1.80. The summed E-state index contributed by atoms with van der Waals surface area (Å²) < 4.78 is 0. The van der Waals surface area contributed by atoms with Crippen LogP contribution in [0.1, 0.15) is 77.3 Å². The van der Waals surface area contributed by atoms with Gasteiger partial charge in [-0.15, -0.1) is 0 Å².